The Morgan fingerprint density at radius 1 is 1.41 bits per heavy atom. The predicted molar refractivity (Wildman–Crippen MR) is 65.1 cm³/mol. The molecule has 0 aromatic carbocycles. The summed E-state index contributed by atoms with van der Waals surface area (Å²) in [5, 5.41) is 2.61. The molecule has 1 aliphatic rings. The van der Waals surface area contributed by atoms with Gasteiger partial charge in [-0.05, 0) is 37.3 Å². The van der Waals surface area contributed by atoms with Gasteiger partial charge in [-0.1, -0.05) is 0 Å². The lowest BCUT2D eigenvalue weighted by atomic mass is 9.95. The van der Waals surface area contributed by atoms with Crippen LogP contribution in [0.1, 0.15) is 34.5 Å². The first-order valence-electron chi connectivity index (χ1n) is 5.95. The summed E-state index contributed by atoms with van der Waals surface area (Å²) in [4.78, 5) is 26.3. The third-order valence-electron chi connectivity index (χ3n) is 3.01. The molecule has 1 heterocycles. The SMILES string of the molecule is NCCNC(=O)c1cc2c([nH]c1=O)CCCC2. The van der Waals surface area contributed by atoms with Gasteiger partial charge in [0.05, 0.1) is 0 Å². The molecule has 92 valence electrons. The summed E-state index contributed by atoms with van der Waals surface area (Å²) in [6.07, 6.45) is 4.04. The van der Waals surface area contributed by atoms with Crippen molar-refractivity contribution in [2.45, 2.75) is 25.7 Å². The number of pyridine rings is 1. The molecule has 17 heavy (non-hydrogen) atoms. The van der Waals surface area contributed by atoms with Crippen LogP contribution in [0, 0.1) is 0 Å². The Morgan fingerprint density at radius 3 is 2.94 bits per heavy atom. The van der Waals surface area contributed by atoms with E-state index in [1.54, 1.807) is 6.07 Å². The van der Waals surface area contributed by atoms with Gasteiger partial charge < -0.3 is 16.0 Å². The number of nitrogens with one attached hydrogen (secondary N) is 2. The molecular formula is C12H17N3O2. The van der Waals surface area contributed by atoms with Crippen LogP contribution in [0.2, 0.25) is 0 Å². The predicted octanol–water partition coefficient (Wildman–Crippen LogP) is -0.0578. The van der Waals surface area contributed by atoms with E-state index in [9.17, 15) is 9.59 Å². The van der Waals surface area contributed by atoms with Crippen LogP contribution in [0.25, 0.3) is 0 Å². The number of amides is 1. The number of hydrogen-bond donors (Lipinski definition) is 3. The van der Waals surface area contributed by atoms with Gasteiger partial charge >= 0.3 is 0 Å². The van der Waals surface area contributed by atoms with E-state index in [2.05, 4.69) is 10.3 Å². The smallest absolute Gasteiger partial charge is 0.261 e. The van der Waals surface area contributed by atoms with Gasteiger partial charge in [0.15, 0.2) is 0 Å². The summed E-state index contributed by atoms with van der Waals surface area (Å²) in [6, 6.07) is 1.72. The second-order valence-corrected chi connectivity index (χ2v) is 4.27. The van der Waals surface area contributed by atoms with E-state index >= 15 is 0 Å². The monoisotopic (exact) mass is 235 g/mol. The van der Waals surface area contributed by atoms with Crippen LogP contribution in [0.4, 0.5) is 0 Å². The quantitative estimate of drug-likeness (QED) is 0.686. The molecule has 0 radical (unpaired) electrons. The minimum atomic E-state index is -0.343. The average molecular weight is 235 g/mol. The number of aryl methyl sites for hydroxylation is 2. The molecule has 1 aromatic heterocycles. The minimum absolute atomic E-state index is 0.194. The second-order valence-electron chi connectivity index (χ2n) is 4.27. The van der Waals surface area contributed by atoms with Crippen LogP contribution < -0.4 is 16.6 Å². The summed E-state index contributed by atoms with van der Waals surface area (Å²) in [7, 11) is 0. The fraction of sp³-hybridized carbons (Fsp3) is 0.500. The van der Waals surface area contributed by atoms with E-state index < -0.39 is 0 Å². The molecule has 5 heteroatoms. The number of carbonyl (C=O) groups is 1. The van der Waals surface area contributed by atoms with Gasteiger partial charge in [0.25, 0.3) is 11.5 Å². The standard InChI is InChI=1S/C12H17N3O2/c13-5-6-14-11(16)9-7-8-3-1-2-4-10(8)15-12(9)17/h7H,1-6,13H2,(H,14,16)(H,15,17). The molecular weight excluding hydrogens is 218 g/mol. The maximum Gasteiger partial charge on any atom is 0.261 e. The number of H-pyrrole nitrogens is 1. The molecule has 2 rings (SSSR count). The van der Waals surface area contributed by atoms with Gasteiger partial charge in [0, 0.05) is 18.8 Å². The number of nitrogens with two attached hydrogens (primary N) is 1. The first-order valence-corrected chi connectivity index (χ1v) is 5.95. The summed E-state index contributed by atoms with van der Waals surface area (Å²) in [5.41, 5.74) is 7.27. The van der Waals surface area contributed by atoms with Crippen molar-refractivity contribution in [3.63, 3.8) is 0 Å². The van der Waals surface area contributed by atoms with E-state index in [0.29, 0.717) is 13.1 Å². The molecule has 0 bridgehead atoms. The molecule has 0 saturated heterocycles. The molecule has 1 aromatic rings. The van der Waals surface area contributed by atoms with Crippen LogP contribution in [0.5, 0.6) is 0 Å². The van der Waals surface area contributed by atoms with Gasteiger partial charge in [-0.3, -0.25) is 9.59 Å². The summed E-state index contributed by atoms with van der Waals surface area (Å²) >= 11 is 0. The molecule has 0 fully saturated rings. The Kier molecular flexibility index (Phi) is 3.58. The zero-order valence-electron chi connectivity index (χ0n) is 9.71. The van der Waals surface area contributed by atoms with Crippen LogP contribution >= 0.6 is 0 Å². The second kappa shape index (κ2) is 5.14. The van der Waals surface area contributed by atoms with Crippen molar-refractivity contribution in [2.24, 2.45) is 5.73 Å². The number of hydrogen-bond acceptors (Lipinski definition) is 3. The topological polar surface area (TPSA) is 88.0 Å². The van der Waals surface area contributed by atoms with Crippen molar-refractivity contribution in [1.82, 2.24) is 10.3 Å². The average Bonchev–Trinajstić information content (AvgIpc) is 2.35. The largest absolute Gasteiger partial charge is 0.351 e. The normalized spacial score (nSPS) is 14.2. The number of carbonyl (C=O) groups excluding carboxylic acids is 1. The highest BCUT2D eigenvalue weighted by Crippen LogP contribution is 2.18. The maximum absolute atomic E-state index is 11.7. The van der Waals surface area contributed by atoms with E-state index in [1.165, 1.54) is 0 Å². The zero-order valence-corrected chi connectivity index (χ0v) is 9.71. The molecule has 1 amide bonds. The summed E-state index contributed by atoms with van der Waals surface area (Å²) in [5.74, 6) is -0.343. The van der Waals surface area contributed by atoms with Crippen LogP contribution in [0.15, 0.2) is 10.9 Å². The van der Waals surface area contributed by atoms with E-state index in [-0.39, 0.29) is 17.0 Å². The van der Waals surface area contributed by atoms with Gasteiger partial charge in [-0.2, -0.15) is 0 Å². The zero-order chi connectivity index (χ0) is 12.3. The van der Waals surface area contributed by atoms with E-state index in [4.69, 9.17) is 5.73 Å². The lowest BCUT2D eigenvalue weighted by Gasteiger charge is -2.15. The van der Waals surface area contributed by atoms with E-state index in [1.807, 2.05) is 0 Å². The van der Waals surface area contributed by atoms with Crippen molar-refractivity contribution in [2.75, 3.05) is 13.1 Å². The van der Waals surface area contributed by atoms with Crippen molar-refractivity contribution in [1.29, 1.82) is 0 Å². The highest BCUT2D eigenvalue weighted by molar-refractivity contribution is 5.94. The third kappa shape index (κ3) is 2.55. The number of fused-ring (bicyclic) bond motifs is 1. The van der Waals surface area contributed by atoms with Gasteiger partial charge in [0.2, 0.25) is 0 Å². The highest BCUT2D eigenvalue weighted by atomic mass is 16.2. The number of aromatic nitrogens is 1. The van der Waals surface area contributed by atoms with Crippen molar-refractivity contribution >= 4 is 5.91 Å². The molecule has 0 saturated carbocycles. The van der Waals surface area contributed by atoms with Crippen LogP contribution in [0.3, 0.4) is 0 Å². The van der Waals surface area contributed by atoms with Crippen LogP contribution in [-0.4, -0.2) is 24.0 Å². The Morgan fingerprint density at radius 2 is 2.18 bits per heavy atom. The maximum atomic E-state index is 11.7. The molecule has 0 atom stereocenters. The summed E-state index contributed by atoms with van der Waals surface area (Å²) in [6.45, 7) is 0.754. The first-order chi connectivity index (χ1) is 8.22. The van der Waals surface area contributed by atoms with Gasteiger partial charge in [-0.15, -0.1) is 0 Å². The van der Waals surface area contributed by atoms with Crippen LogP contribution in [-0.2, 0) is 12.8 Å². The molecule has 4 N–H and O–H groups in total. The highest BCUT2D eigenvalue weighted by Gasteiger charge is 2.16. The van der Waals surface area contributed by atoms with Crippen molar-refractivity contribution < 1.29 is 4.79 Å². The summed E-state index contributed by atoms with van der Waals surface area (Å²) < 4.78 is 0. The Balaban J connectivity index is 2.28. The van der Waals surface area contributed by atoms with Crippen molar-refractivity contribution in [3.8, 4) is 0 Å². The van der Waals surface area contributed by atoms with Gasteiger partial charge in [0.1, 0.15) is 5.56 Å². The fourth-order valence-electron chi connectivity index (χ4n) is 2.12. The molecule has 0 unspecified atom stereocenters. The molecule has 1 aliphatic carbocycles. The van der Waals surface area contributed by atoms with Gasteiger partial charge in [-0.25, -0.2) is 0 Å². The molecule has 5 nitrogen and oxygen atoms in total. The Labute approximate surface area is 99.4 Å². The fourth-order valence-corrected chi connectivity index (χ4v) is 2.12. The Hall–Kier alpha value is -1.62. The minimum Gasteiger partial charge on any atom is -0.351 e. The third-order valence-corrected chi connectivity index (χ3v) is 3.01. The van der Waals surface area contributed by atoms with Crippen molar-refractivity contribution in [3.05, 3.63) is 33.2 Å². The Bertz CT molecular complexity index is 479. The molecule has 0 aliphatic heterocycles. The number of aromatic amines is 1. The lowest BCUT2D eigenvalue weighted by Crippen LogP contribution is -2.34. The molecule has 0 spiro atoms. The first kappa shape index (κ1) is 11.9. The van der Waals surface area contributed by atoms with E-state index in [0.717, 1.165) is 36.9 Å². The number of rotatable bonds is 3. The lowest BCUT2D eigenvalue weighted by molar-refractivity contribution is 0.0953.